The Morgan fingerprint density at radius 3 is 2.77 bits per heavy atom. The van der Waals surface area contributed by atoms with Gasteiger partial charge >= 0.3 is 0 Å². The molecule has 1 aliphatic heterocycles. The summed E-state index contributed by atoms with van der Waals surface area (Å²) in [5.41, 5.74) is 1.19. The van der Waals surface area contributed by atoms with Crippen molar-refractivity contribution in [2.45, 2.75) is 25.5 Å². The highest BCUT2D eigenvalue weighted by Gasteiger charge is 2.24. The number of benzene rings is 1. The molecule has 0 amide bonds. The van der Waals surface area contributed by atoms with E-state index in [2.05, 4.69) is 12.2 Å². The standard InChI is InChI=1S/C17H21NO3S/c1-12(18-11-17(2,19)14-5-8-22-10-14)13-3-4-15-16(9-13)21-7-6-20-15/h3-5,8-10,12,18-19H,6-7,11H2,1-2H3. The maximum Gasteiger partial charge on any atom is 0.161 e. The van der Waals surface area contributed by atoms with Crippen LogP contribution in [0.5, 0.6) is 11.5 Å². The molecule has 0 saturated heterocycles. The Morgan fingerprint density at radius 2 is 2.05 bits per heavy atom. The number of nitrogens with one attached hydrogen (secondary N) is 1. The van der Waals surface area contributed by atoms with Gasteiger partial charge < -0.3 is 19.9 Å². The Labute approximate surface area is 134 Å². The summed E-state index contributed by atoms with van der Waals surface area (Å²) < 4.78 is 11.2. The molecule has 0 saturated carbocycles. The van der Waals surface area contributed by atoms with Crippen LogP contribution in [-0.4, -0.2) is 24.9 Å². The summed E-state index contributed by atoms with van der Waals surface area (Å²) in [6.07, 6.45) is 0. The van der Waals surface area contributed by atoms with Crippen molar-refractivity contribution in [3.8, 4) is 11.5 Å². The molecule has 0 bridgehead atoms. The predicted molar refractivity (Wildman–Crippen MR) is 87.7 cm³/mol. The lowest BCUT2D eigenvalue weighted by molar-refractivity contribution is 0.0548. The molecule has 2 unspecified atom stereocenters. The Bertz CT molecular complexity index is 625. The van der Waals surface area contributed by atoms with E-state index in [9.17, 15) is 5.11 Å². The number of rotatable bonds is 5. The largest absolute Gasteiger partial charge is 0.486 e. The van der Waals surface area contributed by atoms with Crippen LogP contribution in [0.25, 0.3) is 0 Å². The van der Waals surface area contributed by atoms with Crippen LogP contribution in [0.2, 0.25) is 0 Å². The summed E-state index contributed by atoms with van der Waals surface area (Å²) in [7, 11) is 0. The third kappa shape index (κ3) is 3.27. The molecule has 0 aliphatic carbocycles. The molecule has 1 aliphatic rings. The van der Waals surface area contributed by atoms with Crippen molar-refractivity contribution in [3.05, 3.63) is 46.2 Å². The minimum atomic E-state index is -0.873. The summed E-state index contributed by atoms with van der Waals surface area (Å²) in [6, 6.07) is 8.05. The van der Waals surface area contributed by atoms with Crippen molar-refractivity contribution in [2.75, 3.05) is 19.8 Å². The normalized spacial score (nSPS) is 17.8. The first-order valence-corrected chi connectivity index (χ1v) is 8.38. The summed E-state index contributed by atoms with van der Waals surface area (Å²) in [5, 5.41) is 17.9. The van der Waals surface area contributed by atoms with Crippen molar-refractivity contribution in [1.29, 1.82) is 0 Å². The van der Waals surface area contributed by atoms with Crippen LogP contribution >= 0.6 is 11.3 Å². The maximum absolute atomic E-state index is 10.6. The molecular weight excluding hydrogens is 298 g/mol. The van der Waals surface area contributed by atoms with E-state index in [1.165, 1.54) is 0 Å². The number of fused-ring (bicyclic) bond motifs is 1. The highest BCUT2D eigenvalue weighted by molar-refractivity contribution is 7.08. The zero-order chi connectivity index (χ0) is 15.6. The van der Waals surface area contributed by atoms with Gasteiger partial charge in [0, 0.05) is 12.6 Å². The van der Waals surface area contributed by atoms with Crippen molar-refractivity contribution < 1.29 is 14.6 Å². The number of hydrogen-bond donors (Lipinski definition) is 2. The molecule has 1 aromatic carbocycles. The van der Waals surface area contributed by atoms with Gasteiger partial charge in [-0.3, -0.25) is 0 Å². The van der Waals surface area contributed by atoms with Crippen LogP contribution in [0.4, 0.5) is 0 Å². The van der Waals surface area contributed by atoms with E-state index in [4.69, 9.17) is 9.47 Å². The minimum absolute atomic E-state index is 0.112. The summed E-state index contributed by atoms with van der Waals surface area (Å²) in [4.78, 5) is 0. The monoisotopic (exact) mass is 319 g/mol. The van der Waals surface area contributed by atoms with Crippen molar-refractivity contribution in [1.82, 2.24) is 5.32 Å². The number of ether oxygens (including phenoxy) is 2. The molecule has 2 aromatic rings. The first-order valence-electron chi connectivity index (χ1n) is 7.44. The SMILES string of the molecule is CC(NCC(C)(O)c1ccsc1)c1ccc2c(c1)OCCO2. The van der Waals surface area contributed by atoms with Crippen LogP contribution in [0.15, 0.2) is 35.0 Å². The predicted octanol–water partition coefficient (Wildman–Crippen LogP) is 3.08. The van der Waals surface area contributed by atoms with E-state index in [1.54, 1.807) is 11.3 Å². The highest BCUT2D eigenvalue weighted by Crippen LogP contribution is 2.32. The molecule has 118 valence electrons. The van der Waals surface area contributed by atoms with Gasteiger partial charge in [0.15, 0.2) is 11.5 Å². The lowest BCUT2D eigenvalue weighted by atomic mass is 9.98. The summed E-state index contributed by atoms with van der Waals surface area (Å²) in [6.45, 7) is 5.59. The molecule has 5 heteroatoms. The second-order valence-electron chi connectivity index (χ2n) is 5.79. The van der Waals surface area contributed by atoms with Crippen LogP contribution < -0.4 is 14.8 Å². The Kier molecular flexibility index (Phi) is 4.38. The van der Waals surface area contributed by atoms with E-state index in [-0.39, 0.29) is 6.04 Å². The highest BCUT2D eigenvalue weighted by atomic mass is 32.1. The van der Waals surface area contributed by atoms with Gasteiger partial charge in [0.05, 0.1) is 0 Å². The first kappa shape index (κ1) is 15.3. The van der Waals surface area contributed by atoms with Crippen molar-refractivity contribution in [2.24, 2.45) is 0 Å². The van der Waals surface area contributed by atoms with Crippen LogP contribution in [0.1, 0.15) is 31.0 Å². The Hall–Kier alpha value is -1.56. The molecule has 0 fully saturated rings. The fourth-order valence-corrected chi connectivity index (χ4v) is 3.25. The first-order chi connectivity index (χ1) is 10.6. The topological polar surface area (TPSA) is 50.7 Å². The second kappa shape index (κ2) is 6.28. The molecule has 1 aromatic heterocycles. The molecule has 2 heterocycles. The van der Waals surface area contributed by atoms with Gasteiger partial charge in [-0.2, -0.15) is 11.3 Å². The fraction of sp³-hybridized carbons (Fsp3) is 0.412. The Morgan fingerprint density at radius 1 is 1.27 bits per heavy atom. The van der Waals surface area contributed by atoms with Crippen molar-refractivity contribution >= 4 is 11.3 Å². The van der Waals surface area contributed by atoms with E-state index < -0.39 is 5.60 Å². The third-order valence-corrected chi connectivity index (χ3v) is 4.65. The molecule has 3 rings (SSSR count). The molecule has 2 N–H and O–H groups in total. The van der Waals surface area contributed by atoms with Crippen molar-refractivity contribution in [3.63, 3.8) is 0 Å². The number of thiophene rings is 1. The summed E-state index contributed by atoms with van der Waals surface area (Å²) in [5.74, 6) is 1.59. The van der Waals surface area contributed by atoms with Crippen LogP contribution in [-0.2, 0) is 5.60 Å². The van der Waals surface area contributed by atoms with E-state index in [0.29, 0.717) is 19.8 Å². The maximum atomic E-state index is 10.6. The second-order valence-corrected chi connectivity index (χ2v) is 6.57. The van der Waals surface area contributed by atoms with Gasteiger partial charge in [0.2, 0.25) is 0 Å². The quantitative estimate of drug-likeness (QED) is 0.889. The average molecular weight is 319 g/mol. The molecule has 22 heavy (non-hydrogen) atoms. The van der Waals surface area contributed by atoms with Crippen LogP contribution in [0, 0.1) is 0 Å². The van der Waals surface area contributed by atoms with Gasteiger partial charge in [-0.1, -0.05) is 6.07 Å². The van der Waals surface area contributed by atoms with E-state index in [1.807, 2.05) is 41.9 Å². The lowest BCUT2D eigenvalue weighted by Crippen LogP contribution is -2.36. The molecule has 4 nitrogen and oxygen atoms in total. The fourth-order valence-electron chi connectivity index (χ4n) is 2.47. The zero-order valence-corrected chi connectivity index (χ0v) is 13.7. The van der Waals surface area contributed by atoms with Gasteiger partial charge in [-0.15, -0.1) is 0 Å². The molecule has 2 atom stereocenters. The molecule has 0 spiro atoms. The lowest BCUT2D eigenvalue weighted by Gasteiger charge is -2.26. The zero-order valence-electron chi connectivity index (χ0n) is 12.8. The summed E-state index contributed by atoms with van der Waals surface area (Å²) >= 11 is 1.59. The number of hydrogen-bond acceptors (Lipinski definition) is 5. The minimum Gasteiger partial charge on any atom is -0.486 e. The van der Waals surface area contributed by atoms with Gasteiger partial charge in [0.1, 0.15) is 18.8 Å². The van der Waals surface area contributed by atoms with Gasteiger partial charge in [-0.05, 0) is 53.9 Å². The van der Waals surface area contributed by atoms with E-state index in [0.717, 1.165) is 22.6 Å². The molecule has 0 radical (unpaired) electrons. The Balaban J connectivity index is 1.66. The average Bonchev–Trinajstić information content (AvgIpc) is 3.07. The number of aliphatic hydroxyl groups is 1. The van der Waals surface area contributed by atoms with Gasteiger partial charge in [-0.25, -0.2) is 0 Å². The van der Waals surface area contributed by atoms with Crippen LogP contribution in [0.3, 0.4) is 0 Å². The molecular formula is C17H21NO3S. The smallest absolute Gasteiger partial charge is 0.161 e. The van der Waals surface area contributed by atoms with Gasteiger partial charge in [0.25, 0.3) is 0 Å². The van der Waals surface area contributed by atoms with E-state index >= 15 is 0 Å². The third-order valence-electron chi connectivity index (χ3n) is 3.96.